The average molecular weight is 607 g/mol. The van der Waals surface area contributed by atoms with Gasteiger partial charge in [0.05, 0.1) is 13.2 Å². The maximum atomic E-state index is 12.1. The molecule has 0 aliphatic rings. The van der Waals surface area contributed by atoms with Gasteiger partial charge in [-0.05, 0) is 44.9 Å². The summed E-state index contributed by atoms with van der Waals surface area (Å²) in [6, 6.07) is 0. The van der Waals surface area contributed by atoms with Crippen molar-refractivity contribution in [2.24, 2.45) is 0 Å². The van der Waals surface area contributed by atoms with Crippen LogP contribution in [0.1, 0.15) is 194 Å². The molecule has 0 aliphatic heterocycles. The number of allylic oxidation sites excluding steroid dienone is 4. The lowest BCUT2D eigenvalue weighted by Gasteiger charge is -2.15. The van der Waals surface area contributed by atoms with Crippen molar-refractivity contribution in [1.29, 1.82) is 0 Å². The van der Waals surface area contributed by atoms with Gasteiger partial charge in [0.2, 0.25) is 0 Å². The van der Waals surface area contributed by atoms with Gasteiger partial charge < -0.3 is 14.6 Å². The van der Waals surface area contributed by atoms with Crippen LogP contribution in [0.5, 0.6) is 0 Å². The maximum absolute atomic E-state index is 12.1. The minimum atomic E-state index is -0.536. The van der Waals surface area contributed by atoms with Crippen molar-refractivity contribution in [3.63, 3.8) is 0 Å². The van der Waals surface area contributed by atoms with Gasteiger partial charge in [0.15, 0.2) is 0 Å². The first-order valence-electron chi connectivity index (χ1n) is 18.9. The van der Waals surface area contributed by atoms with Gasteiger partial charge in [-0.25, -0.2) is 0 Å². The number of carbonyl (C=O) groups is 1. The van der Waals surface area contributed by atoms with Crippen LogP contribution in [-0.2, 0) is 14.3 Å². The fraction of sp³-hybridized carbons (Fsp3) is 0.872. The number of ether oxygens (including phenoxy) is 2. The Labute approximate surface area is 268 Å². The lowest BCUT2D eigenvalue weighted by atomic mass is 10.0. The van der Waals surface area contributed by atoms with E-state index in [4.69, 9.17) is 9.47 Å². The number of aliphatic hydroxyl groups is 1. The quantitative estimate of drug-likeness (QED) is 0.0443. The minimum absolute atomic E-state index is 0.174. The van der Waals surface area contributed by atoms with E-state index < -0.39 is 6.10 Å². The van der Waals surface area contributed by atoms with E-state index in [1.54, 1.807) is 0 Å². The summed E-state index contributed by atoms with van der Waals surface area (Å²) >= 11 is 0. The summed E-state index contributed by atoms with van der Waals surface area (Å²) in [6.45, 7) is 5.33. The Balaban J connectivity index is 3.44. The second-order valence-corrected chi connectivity index (χ2v) is 12.7. The Morgan fingerprint density at radius 1 is 0.558 bits per heavy atom. The molecule has 0 saturated heterocycles. The topological polar surface area (TPSA) is 55.8 Å². The summed E-state index contributed by atoms with van der Waals surface area (Å²) in [6.07, 6.45) is 43.6. The summed E-state index contributed by atoms with van der Waals surface area (Å²) in [7, 11) is 0. The molecule has 0 fully saturated rings. The van der Waals surface area contributed by atoms with E-state index in [2.05, 4.69) is 38.2 Å². The Morgan fingerprint density at radius 3 is 1.49 bits per heavy atom. The van der Waals surface area contributed by atoms with Gasteiger partial charge in [0.25, 0.3) is 0 Å². The largest absolute Gasteiger partial charge is 0.457 e. The first kappa shape index (κ1) is 41.9. The first-order valence-corrected chi connectivity index (χ1v) is 18.9. The Bertz CT molecular complexity index is 600. The van der Waals surface area contributed by atoms with Crippen LogP contribution < -0.4 is 0 Å². The summed E-state index contributed by atoms with van der Waals surface area (Å²) in [5, 5.41) is 9.56. The van der Waals surface area contributed by atoms with Crippen LogP contribution in [0, 0.1) is 0 Å². The van der Waals surface area contributed by atoms with Crippen LogP contribution in [-0.4, -0.2) is 37.0 Å². The highest BCUT2D eigenvalue weighted by molar-refractivity contribution is 5.69. The molecule has 0 aromatic heterocycles. The van der Waals surface area contributed by atoms with Gasteiger partial charge in [-0.15, -0.1) is 0 Å². The maximum Gasteiger partial charge on any atom is 0.306 e. The molecule has 4 nitrogen and oxygen atoms in total. The molecule has 43 heavy (non-hydrogen) atoms. The van der Waals surface area contributed by atoms with Crippen LogP contribution in [0.3, 0.4) is 0 Å². The van der Waals surface area contributed by atoms with Gasteiger partial charge in [0, 0.05) is 13.0 Å². The van der Waals surface area contributed by atoms with Gasteiger partial charge in [-0.1, -0.05) is 167 Å². The number of carbonyl (C=O) groups excluding carboxylic acids is 1. The predicted molar refractivity (Wildman–Crippen MR) is 187 cm³/mol. The number of rotatable bonds is 35. The Kier molecular flexibility index (Phi) is 36.1. The van der Waals surface area contributed by atoms with Crippen molar-refractivity contribution in [1.82, 2.24) is 0 Å². The molecule has 4 heteroatoms. The Morgan fingerprint density at radius 2 is 0.977 bits per heavy atom. The van der Waals surface area contributed by atoms with Gasteiger partial charge in [0.1, 0.15) is 6.10 Å². The molecular weight excluding hydrogens is 532 g/mol. The summed E-state index contributed by atoms with van der Waals surface area (Å²) in [5.74, 6) is -0.212. The molecule has 0 spiro atoms. The van der Waals surface area contributed by atoms with E-state index in [1.807, 2.05) is 0 Å². The minimum Gasteiger partial charge on any atom is -0.457 e. The van der Waals surface area contributed by atoms with Crippen LogP contribution in [0.15, 0.2) is 24.3 Å². The molecule has 1 N–H and O–H groups in total. The van der Waals surface area contributed by atoms with E-state index in [1.165, 1.54) is 135 Å². The van der Waals surface area contributed by atoms with Crippen LogP contribution in [0.2, 0.25) is 0 Å². The lowest BCUT2D eigenvalue weighted by molar-refractivity contribution is -0.154. The summed E-state index contributed by atoms with van der Waals surface area (Å²) < 4.78 is 11.1. The SMILES string of the molecule is CCCCC/C=C\C/C=C\CCCCCCCC(=O)OC(CO)COCCCCCCCCCCCCCCCCCC. The molecule has 0 aromatic rings. The summed E-state index contributed by atoms with van der Waals surface area (Å²) in [5.41, 5.74) is 0. The molecule has 0 radical (unpaired) electrons. The van der Waals surface area contributed by atoms with E-state index in [9.17, 15) is 9.90 Å². The molecule has 0 bridgehead atoms. The third-order valence-corrected chi connectivity index (χ3v) is 8.28. The summed E-state index contributed by atoms with van der Waals surface area (Å²) in [4.78, 5) is 12.1. The molecule has 1 atom stereocenters. The van der Waals surface area contributed by atoms with Crippen molar-refractivity contribution in [3.05, 3.63) is 24.3 Å². The van der Waals surface area contributed by atoms with Gasteiger partial charge in [-0.3, -0.25) is 4.79 Å². The molecule has 0 aromatic carbocycles. The van der Waals surface area contributed by atoms with E-state index >= 15 is 0 Å². The smallest absolute Gasteiger partial charge is 0.306 e. The zero-order valence-electron chi connectivity index (χ0n) is 29.0. The standard InChI is InChI=1S/C39H74O4/c1-3-5-7-9-11-13-15-17-19-21-23-25-27-29-31-33-35-42-37-38(36-40)43-39(41)34-32-30-28-26-24-22-20-18-16-14-12-10-8-6-4-2/h12,14,18,20,38,40H,3-11,13,15-17,19,21-37H2,1-2H3/b14-12-,20-18-. The molecule has 0 saturated carbocycles. The van der Waals surface area contributed by atoms with Crippen LogP contribution in [0.25, 0.3) is 0 Å². The van der Waals surface area contributed by atoms with Crippen molar-refractivity contribution in [3.8, 4) is 0 Å². The molecule has 0 heterocycles. The number of unbranched alkanes of at least 4 members (excludes halogenated alkanes) is 23. The van der Waals surface area contributed by atoms with Gasteiger partial charge in [-0.2, -0.15) is 0 Å². The molecule has 0 rings (SSSR count). The highest BCUT2D eigenvalue weighted by atomic mass is 16.6. The molecule has 254 valence electrons. The fourth-order valence-electron chi connectivity index (χ4n) is 5.42. The molecular formula is C39H74O4. The molecule has 0 aliphatic carbocycles. The predicted octanol–water partition coefficient (Wildman–Crippen LogP) is 12.0. The Hall–Kier alpha value is -1.13. The zero-order chi connectivity index (χ0) is 31.3. The lowest BCUT2D eigenvalue weighted by Crippen LogP contribution is -2.27. The van der Waals surface area contributed by atoms with Crippen LogP contribution >= 0.6 is 0 Å². The van der Waals surface area contributed by atoms with Gasteiger partial charge >= 0.3 is 5.97 Å². The van der Waals surface area contributed by atoms with E-state index in [0.29, 0.717) is 19.6 Å². The monoisotopic (exact) mass is 607 g/mol. The number of hydrogen-bond donors (Lipinski definition) is 1. The third kappa shape index (κ3) is 35.2. The third-order valence-electron chi connectivity index (χ3n) is 8.28. The van der Waals surface area contributed by atoms with E-state index in [-0.39, 0.29) is 12.6 Å². The zero-order valence-corrected chi connectivity index (χ0v) is 29.0. The highest BCUT2D eigenvalue weighted by Crippen LogP contribution is 2.14. The number of esters is 1. The molecule has 1 unspecified atom stereocenters. The normalized spacial score (nSPS) is 12.5. The second-order valence-electron chi connectivity index (χ2n) is 12.7. The van der Waals surface area contributed by atoms with E-state index in [0.717, 1.165) is 38.5 Å². The highest BCUT2D eigenvalue weighted by Gasteiger charge is 2.13. The van der Waals surface area contributed by atoms with Crippen LogP contribution in [0.4, 0.5) is 0 Å². The van der Waals surface area contributed by atoms with Crippen molar-refractivity contribution < 1.29 is 19.4 Å². The second kappa shape index (κ2) is 37.1. The average Bonchev–Trinajstić information content (AvgIpc) is 3.01. The van der Waals surface area contributed by atoms with Crippen molar-refractivity contribution in [2.75, 3.05) is 19.8 Å². The van der Waals surface area contributed by atoms with Crippen molar-refractivity contribution in [2.45, 2.75) is 200 Å². The first-order chi connectivity index (χ1) is 21.2. The number of hydrogen-bond acceptors (Lipinski definition) is 4. The molecule has 0 amide bonds. The van der Waals surface area contributed by atoms with Crippen molar-refractivity contribution >= 4 is 5.97 Å². The number of aliphatic hydroxyl groups excluding tert-OH is 1. The fourth-order valence-corrected chi connectivity index (χ4v) is 5.42.